The zero-order valence-electron chi connectivity index (χ0n) is 15.0. The number of nitro groups is 6. The summed E-state index contributed by atoms with van der Waals surface area (Å²) in [5.74, 6) is -4.90. The Kier molecular flexibility index (Phi) is 5.68. The molecule has 0 N–H and O–H groups in total. The summed E-state index contributed by atoms with van der Waals surface area (Å²) in [6.07, 6.45) is -0.120. The zero-order chi connectivity index (χ0) is 24.5. The lowest BCUT2D eigenvalue weighted by molar-refractivity contribution is -0.789. The maximum absolute atomic E-state index is 13.0. The normalized spacial score (nSPS) is 16.8. The number of hydrogen-bond acceptors (Lipinski definition) is 13. The van der Waals surface area contributed by atoms with Gasteiger partial charge < -0.3 is 0 Å². The second-order valence-corrected chi connectivity index (χ2v) is 5.96. The molecule has 32 heavy (non-hydrogen) atoms. The second-order valence-electron chi connectivity index (χ2n) is 5.96. The number of nitro benzene ring substituents is 2. The molecule has 19 nitrogen and oxygen atoms in total. The minimum atomic E-state index is -3.98. The monoisotopic (exact) mass is 454 g/mol. The molecule has 19 heteroatoms. The van der Waals surface area contributed by atoms with Crippen molar-refractivity contribution >= 4 is 17.2 Å². The molecule has 0 bridgehead atoms. The first kappa shape index (κ1) is 23.1. The van der Waals surface area contributed by atoms with Crippen LogP contribution in [0.25, 0.3) is 0 Å². The van der Waals surface area contributed by atoms with Crippen LogP contribution >= 0.6 is 0 Å². The third kappa shape index (κ3) is 3.55. The first-order valence-corrected chi connectivity index (χ1v) is 7.75. The lowest BCUT2D eigenvalue weighted by atomic mass is 9.79. The molecule has 1 atom stereocenters. The summed E-state index contributed by atoms with van der Waals surface area (Å²) >= 11 is 0. The summed E-state index contributed by atoms with van der Waals surface area (Å²) in [6.45, 7) is 0. The van der Waals surface area contributed by atoms with E-state index >= 15 is 0 Å². The Bertz CT molecular complexity index is 1170. The van der Waals surface area contributed by atoms with E-state index in [2.05, 4.69) is 0 Å². The Morgan fingerprint density at radius 2 is 1.34 bits per heavy atom. The summed E-state index contributed by atoms with van der Waals surface area (Å²) < 4.78 is 0. The fourth-order valence-electron chi connectivity index (χ4n) is 2.92. The van der Waals surface area contributed by atoms with Crippen LogP contribution in [0.15, 0.2) is 41.7 Å². The largest absolute Gasteiger partial charge is 0.504 e. The van der Waals surface area contributed by atoms with Gasteiger partial charge in [0.05, 0.1) is 37.4 Å². The molecule has 2 rings (SSSR count). The van der Waals surface area contributed by atoms with Crippen LogP contribution in [-0.2, 0) is 0 Å². The SMILES string of the molecule is O=C(c1ccc([N+](=O)[O-])cc1[N+](=O)[O-])C1C([N+](=O)[O-])=CC([N+](=O)[O-])=CC1([N+](=O)[O-])[N+](=O)[O-]. The quantitative estimate of drug-likeness (QED) is 0.228. The molecule has 0 spiro atoms. The predicted octanol–water partition coefficient (Wildman–Crippen LogP) is 0.886. The number of rotatable bonds is 8. The van der Waals surface area contributed by atoms with E-state index in [1.165, 1.54) is 0 Å². The standard InChI is InChI=1S/C13H6N6O13/c20-12(8-2-1-6(14(21)22)3-9(8)16(25)26)11-10(17(27)28)4-7(15(23)24)5-13(11,18(29)30)19(31)32/h1-5,11H. The van der Waals surface area contributed by atoms with Crippen molar-refractivity contribution in [3.8, 4) is 0 Å². The molecule has 0 aliphatic heterocycles. The predicted molar refractivity (Wildman–Crippen MR) is 94.4 cm³/mol. The van der Waals surface area contributed by atoms with E-state index in [0.717, 1.165) is 0 Å². The molecule has 0 saturated carbocycles. The Balaban J connectivity index is 2.91. The molecule has 166 valence electrons. The summed E-state index contributed by atoms with van der Waals surface area (Å²) in [6, 6.07) is 1.26. The van der Waals surface area contributed by atoms with Gasteiger partial charge in [-0.2, -0.15) is 0 Å². The first-order valence-electron chi connectivity index (χ1n) is 7.75. The van der Waals surface area contributed by atoms with E-state index in [1.807, 2.05) is 0 Å². The van der Waals surface area contributed by atoms with Gasteiger partial charge in [0.1, 0.15) is 15.9 Å². The molecule has 0 heterocycles. The van der Waals surface area contributed by atoms with Crippen LogP contribution < -0.4 is 0 Å². The van der Waals surface area contributed by atoms with Crippen molar-refractivity contribution < 1.29 is 34.3 Å². The Morgan fingerprint density at radius 1 is 0.781 bits per heavy atom. The number of hydrogen-bond donors (Lipinski definition) is 0. The van der Waals surface area contributed by atoms with Gasteiger partial charge in [-0.25, -0.2) is 0 Å². The summed E-state index contributed by atoms with van der Waals surface area (Å²) in [5, 5.41) is 67.8. The van der Waals surface area contributed by atoms with Gasteiger partial charge in [-0.05, 0) is 6.07 Å². The van der Waals surface area contributed by atoms with Crippen molar-refractivity contribution in [3.05, 3.63) is 108 Å². The molecule has 1 unspecified atom stereocenters. The van der Waals surface area contributed by atoms with Gasteiger partial charge in [-0.3, -0.25) is 65.5 Å². The highest BCUT2D eigenvalue weighted by atomic mass is 16.7. The van der Waals surface area contributed by atoms with Gasteiger partial charge >= 0.3 is 5.66 Å². The van der Waals surface area contributed by atoms with Gasteiger partial charge in [0.15, 0.2) is 5.78 Å². The van der Waals surface area contributed by atoms with Crippen LogP contribution in [0, 0.1) is 66.6 Å². The van der Waals surface area contributed by atoms with Crippen LogP contribution in [0.1, 0.15) is 10.4 Å². The van der Waals surface area contributed by atoms with E-state index in [9.17, 15) is 65.5 Å². The number of carbonyl (C=O) groups is 1. The highest BCUT2D eigenvalue weighted by Gasteiger charge is 2.72. The van der Waals surface area contributed by atoms with Gasteiger partial charge in [0.2, 0.25) is 0 Å². The smallest absolute Gasteiger partial charge is 0.292 e. The molecule has 1 aliphatic rings. The number of allylic oxidation sites excluding steroid dienone is 1. The molecule has 1 aromatic rings. The van der Waals surface area contributed by atoms with E-state index in [-0.39, 0.29) is 18.2 Å². The number of benzene rings is 1. The van der Waals surface area contributed by atoms with Crippen molar-refractivity contribution in [2.24, 2.45) is 5.92 Å². The highest BCUT2D eigenvalue weighted by Crippen LogP contribution is 2.40. The van der Waals surface area contributed by atoms with E-state index in [1.54, 1.807) is 0 Å². The molecule has 1 aliphatic carbocycles. The van der Waals surface area contributed by atoms with Gasteiger partial charge in [-0.1, -0.05) is 0 Å². The van der Waals surface area contributed by atoms with Crippen molar-refractivity contribution in [1.82, 2.24) is 0 Å². The lowest BCUT2D eigenvalue weighted by Crippen LogP contribution is -2.56. The van der Waals surface area contributed by atoms with Crippen LogP contribution in [-0.4, -0.2) is 41.0 Å². The lowest BCUT2D eigenvalue weighted by Gasteiger charge is -2.22. The molecule has 1 aromatic carbocycles. The topological polar surface area (TPSA) is 276 Å². The summed E-state index contributed by atoms with van der Waals surface area (Å²) in [7, 11) is 0. The average Bonchev–Trinajstić information content (AvgIpc) is 2.70. The molecular weight excluding hydrogens is 448 g/mol. The third-order valence-corrected chi connectivity index (χ3v) is 4.30. The van der Waals surface area contributed by atoms with E-state index < -0.39 is 75.2 Å². The minimum absolute atomic E-state index is 0.0744. The molecule has 0 aromatic heterocycles. The summed E-state index contributed by atoms with van der Waals surface area (Å²) in [4.78, 5) is 71.9. The van der Waals surface area contributed by atoms with Crippen LogP contribution in [0.5, 0.6) is 0 Å². The molecular formula is C13H6N6O13. The molecule has 0 amide bonds. The maximum atomic E-state index is 13.0. The number of ketones is 1. The van der Waals surface area contributed by atoms with Crippen molar-refractivity contribution in [1.29, 1.82) is 0 Å². The summed E-state index contributed by atoms with van der Waals surface area (Å²) in [5.41, 5.74) is -10.4. The number of non-ortho nitro benzene ring substituents is 1. The zero-order valence-corrected chi connectivity index (χ0v) is 15.0. The van der Waals surface area contributed by atoms with E-state index in [0.29, 0.717) is 12.1 Å². The molecule has 0 saturated heterocycles. The first-order chi connectivity index (χ1) is 14.7. The Morgan fingerprint density at radius 3 is 1.75 bits per heavy atom. The third-order valence-electron chi connectivity index (χ3n) is 4.30. The van der Waals surface area contributed by atoms with Gasteiger partial charge in [-0.15, -0.1) is 0 Å². The Labute approximate surface area is 172 Å². The highest BCUT2D eigenvalue weighted by molar-refractivity contribution is 6.03. The number of carbonyl (C=O) groups excluding carboxylic acids is 1. The van der Waals surface area contributed by atoms with Gasteiger partial charge in [0, 0.05) is 6.07 Å². The van der Waals surface area contributed by atoms with Crippen LogP contribution in [0.2, 0.25) is 0 Å². The van der Waals surface area contributed by atoms with Crippen LogP contribution in [0.3, 0.4) is 0 Å². The fraction of sp³-hybridized carbons (Fsp3) is 0.154. The number of nitrogens with zero attached hydrogens (tertiary/aromatic N) is 6. The Hall–Kier alpha value is -5.23. The fourth-order valence-corrected chi connectivity index (χ4v) is 2.92. The van der Waals surface area contributed by atoms with Crippen LogP contribution in [0.4, 0.5) is 11.4 Å². The van der Waals surface area contributed by atoms with Gasteiger partial charge in [0.25, 0.3) is 28.7 Å². The van der Waals surface area contributed by atoms with Crippen molar-refractivity contribution in [2.45, 2.75) is 5.66 Å². The maximum Gasteiger partial charge on any atom is 0.504 e. The minimum Gasteiger partial charge on any atom is -0.292 e. The molecule has 0 radical (unpaired) electrons. The average molecular weight is 454 g/mol. The van der Waals surface area contributed by atoms with Crippen molar-refractivity contribution in [2.75, 3.05) is 0 Å². The van der Waals surface area contributed by atoms with Crippen molar-refractivity contribution in [3.63, 3.8) is 0 Å². The number of Topliss-reactive ketones (excluding diaryl/α,β-unsaturated/α-hetero) is 1. The second kappa shape index (κ2) is 7.89. The molecule has 0 fully saturated rings. The van der Waals surface area contributed by atoms with E-state index in [4.69, 9.17) is 0 Å².